The zero-order chi connectivity index (χ0) is 16.7. The second kappa shape index (κ2) is 8.44. The topological polar surface area (TPSA) is 114 Å². The first-order valence-electron chi connectivity index (χ1n) is 7.60. The number of β-amino-alcohol motifs (C(OH)–C–C–N with tert-alkyl or cyclic N) is 1. The summed E-state index contributed by atoms with van der Waals surface area (Å²) in [6.07, 6.45) is 1.67. The summed E-state index contributed by atoms with van der Waals surface area (Å²) in [5.74, 6) is 0. The monoisotopic (exact) mass is 323 g/mol. The summed E-state index contributed by atoms with van der Waals surface area (Å²) in [6.45, 7) is 1.21. The molecule has 1 heterocycles. The van der Waals surface area contributed by atoms with Crippen LogP contribution in [0.5, 0.6) is 0 Å². The number of alkyl carbamates (subject to hydrolysis) is 1. The van der Waals surface area contributed by atoms with Gasteiger partial charge in [-0.1, -0.05) is 0 Å². The van der Waals surface area contributed by atoms with Crippen LogP contribution < -0.4 is 10.6 Å². The first-order chi connectivity index (χ1) is 11.0. The molecule has 0 saturated carbocycles. The normalized spacial score (nSPS) is 20.2. The summed E-state index contributed by atoms with van der Waals surface area (Å²) in [6, 6.07) is 6.17. The van der Waals surface area contributed by atoms with Gasteiger partial charge < -0.3 is 20.5 Å². The van der Waals surface area contributed by atoms with E-state index in [1.165, 1.54) is 12.1 Å². The van der Waals surface area contributed by atoms with Crippen LogP contribution in [0.3, 0.4) is 0 Å². The first-order valence-corrected chi connectivity index (χ1v) is 7.60. The fraction of sp³-hybridized carbons (Fsp3) is 0.533. The third-order valence-electron chi connectivity index (χ3n) is 3.71. The Bertz CT molecular complexity index is 534. The molecule has 0 radical (unpaired) electrons. The lowest BCUT2D eigenvalue weighted by Crippen LogP contribution is -2.27. The van der Waals surface area contributed by atoms with Gasteiger partial charge in [-0.15, -0.1) is 0 Å². The minimum Gasteiger partial charge on any atom is -0.445 e. The number of carbonyl (C=O) groups is 1. The van der Waals surface area contributed by atoms with Crippen molar-refractivity contribution in [2.45, 2.75) is 38.0 Å². The second-order valence-electron chi connectivity index (χ2n) is 5.56. The van der Waals surface area contributed by atoms with E-state index >= 15 is 0 Å². The van der Waals surface area contributed by atoms with E-state index in [4.69, 9.17) is 4.74 Å². The van der Waals surface area contributed by atoms with E-state index in [2.05, 4.69) is 10.6 Å². The van der Waals surface area contributed by atoms with Crippen LogP contribution >= 0.6 is 0 Å². The van der Waals surface area contributed by atoms with Crippen LogP contribution in [-0.4, -0.2) is 41.4 Å². The van der Waals surface area contributed by atoms with Crippen LogP contribution in [-0.2, 0) is 11.3 Å². The highest BCUT2D eigenvalue weighted by Crippen LogP contribution is 2.13. The van der Waals surface area contributed by atoms with Gasteiger partial charge in [-0.2, -0.15) is 0 Å². The summed E-state index contributed by atoms with van der Waals surface area (Å²) in [5, 5.41) is 25.8. The van der Waals surface area contributed by atoms with Crippen molar-refractivity contribution in [3.8, 4) is 0 Å². The zero-order valence-electron chi connectivity index (χ0n) is 12.7. The molecule has 0 bridgehead atoms. The zero-order valence-corrected chi connectivity index (χ0v) is 12.7. The molecule has 1 aromatic rings. The molecule has 0 spiro atoms. The number of rotatable bonds is 7. The number of aliphatic hydroxyl groups excluding tert-OH is 1. The van der Waals surface area contributed by atoms with Gasteiger partial charge in [-0.3, -0.25) is 10.1 Å². The summed E-state index contributed by atoms with van der Waals surface area (Å²) < 4.78 is 5.04. The summed E-state index contributed by atoms with van der Waals surface area (Å²) in [4.78, 5) is 21.6. The highest BCUT2D eigenvalue weighted by molar-refractivity contribution is 5.67. The molecule has 0 unspecified atom stereocenters. The number of benzene rings is 1. The number of hydrogen-bond donors (Lipinski definition) is 3. The molecule has 1 fully saturated rings. The molecule has 1 aliphatic heterocycles. The fourth-order valence-corrected chi connectivity index (χ4v) is 2.47. The molecule has 23 heavy (non-hydrogen) atoms. The Balaban J connectivity index is 1.58. The van der Waals surface area contributed by atoms with Gasteiger partial charge in [0.05, 0.1) is 11.0 Å². The Hall–Kier alpha value is -2.19. The molecule has 0 aliphatic carbocycles. The minimum absolute atomic E-state index is 0.00356. The minimum atomic E-state index is -0.511. The number of nitrogens with one attached hydrogen (secondary N) is 2. The summed E-state index contributed by atoms with van der Waals surface area (Å²) in [5.41, 5.74) is 0.693. The van der Waals surface area contributed by atoms with Crippen LogP contribution in [0, 0.1) is 10.1 Å². The van der Waals surface area contributed by atoms with E-state index in [-0.39, 0.29) is 18.4 Å². The lowest BCUT2D eigenvalue weighted by Gasteiger charge is -2.10. The predicted molar refractivity (Wildman–Crippen MR) is 82.9 cm³/mol. The molecule has 3 N–H and O–H groups in total. The molecule has 2 rings (SSSR count). The molecule has 1 aromatic carbocycles. The number of non-ortho nitro benzene ring substituents is 1. The molecule has 2 atom stereocenters. The maximum absolute atomic E-state index is 11.5. The number of nitrogens with zero attached hydrogens (tertiary/aromatic N) is 1. The van der Waals surface area contributed by atoms with Crippen LogP contribution in [0.4, 0.5) is 10.5 Å². The number of ether oxygens (including phenoxy) is 1. The van der Waals surface area contributed by atoms with Crippen LogP contribution in [0.15, 0.2) is 24.3 Å². The van der Waals surface area contributed by atoms with Gasteiger partial charge in [0, 0.05) is 31.3 Å². The lowest BCUT2D eigenvalue weighted by molar-refractivity contribution is -0.384. The number of nitro benzene ring substituents is 1. The molecule has 8 nitrogen and oxygen atoms in total. The summed E-state index contributed by atoms with van der Waals surface area (Å²) in [7, 11) is 0. The molecule has 1 saturated heterocycles. The SMILES string of the molecule is O=C(NCCC[C@@H]1C[C@@H](O)CN1)OCc1ccc([N+](=O)[O-])cc1. The fourth-order valence-electron chi connectivity index (χ4n) is 2.47. The van der Waals surface area contributed by atoms with Crippen molar-refractivity contribution >= 4 is 11.8 Å². The third-order valence-corrected chi connectivity index (χ3v) is 3.71. The Morgan fingerprint density at radius 2 is 2.17 bits per heavy atom. The Morgan fingerprint density at radius 1 is 1.43 bits per heavy atom. The van der Waals surface area contributed by atoms with E-state index in [0.29, 0.717) is 24.7 Å². The van der Waals surface area contributed by atoms with Crippen molar-refractivity contribution in [3.63, 3.8) is 0 Å². The van der Waals surface area contributed by atoms with Crippen LogP contribution in [0.1, 0.15) is 24.8 Å². The van der Waals surface area contributed by atoms with Crippen LogP contribution in [0.25, 0.3) is 0 Å². The average molecular weight is 323 g/mol. The standard InChI is InChI=1S/C15H21N3O5/c19-14-8-12(17-9-14)2-1-7-16-15(20)23-10-11-3-5-13(6-4-11)18(21)22/h3-6,12,14,17,19H,1-2,7-10H2,(H,16,20)/t12-,14-/m1/s1. The Kier molecular flexibility index (Phi) is 6.30. The lowest BCUT2D eigenvalue weighted by atomic mass is 10.1. The maximum atomic E-state index is 11.5. The van der Waals surface area contributed by atoms with Crippen molar-refractivity contribution in [1.82, 2.24) is 10.6 Å². The maximum Gasteiger partial charge on any atom is 0.407 e. The molecule has 1 aliphatic rings. The van der Waals surface area contributed by atoms with E-state index in [1.54, 1.807) is 12.1 Å². The molecular formula is C15H21N3O5. The number of nitro groups is 1. The number of amides is 1. The van der Waals surface area contributed by atoms with E-state index in [0.717, 1.165) is 19.3 Å². The van der Waals surface area contributed by atoms with Crippen LogP contribution in [0.2, 0.25) is 0 Å². The average Bonchev–Trinajstić information content (AvgIpc) is 2.95. The van der Waals surface area contributed by atoms with Gasteiger partial charge in [0.25, 0.3) is 5.69 Å². The van der Waals surface area contributed by atoms with E-state index < -0.39 is 11.0 Å². The summed E-state index contributed by atoms with van der Waals surface area (Å²) >= 11 is 0. The third kappa shape index (κ3) is 5.84. The Morgan fingerprint density at radius 3 is 2.78 bits per heavy atom. The molecule has 126 valence electrons. The molecular weight excluding hydrogens is 302 g/mol. The number of hydrogen-bond acceptors (Lipinski definition) is 6. The van der Waals surface area contributed by atoms with Gasteiger partial charge in [-0.25, -0.2) is 4.79 Å². The molecule has 8 heteroatoms. The van der Waals surface area contributed by atoms with Gasteiger partial charge >= 0.3 is 6.09 Å². The molecule has 0 aromatic heterocycles. The predicted octanol–water partition coefficient (Wildman–Crippen LogP) is 1.32. The van der Waals surface area contributed by atoms with Crippen molar-refractivity contribution < 1.29 is 19.6 Å². The molecule has 1 amide bonds. The smallest absolute Gasteiger partial charge is 0.407 e. The largest absolute Gasteiger partial charge is 0.445 e. The quantitative estimate of drug-likeness (QED) is 0.396. The van der Waals surface area contributed by atoms with Gasteiger partial charge in [0.2, 0.25) is 0 Å². The number of carbonyl (C=O) groups excluding carboxylic acids is 1. The van der Waals surface area contributed by atoms with Crippen molar-refractivity contribution in [3.05, 3.63) is 39.9 Å². The van der Waals surface area contributed by atoms with Gasteiger partial charge in [0.1, 0.15) is 6.61 Å². The second-order valence-corrected chi connectivity index (χ2v) is 5.56. The van der Waals surface area contributed by atoms with E-state index in [1.807, 2.05) is 0 Å². The van der Waals surface area contributed by atoms with Gasteiger partial charge in [-0.05, 0) is 37.0 Å². The van der Waals surface area contributed by atoms with Crippen molar-refractivity contribution in [2.24, 2.45) is 0 Å². The van der Waals surface area contributed by atoms with E-state index in [9.17, 15) is 20.0 Å². The van der Waals surface area contributed by atoms with Gasteiger partial charge in [0.15, 0.2) is 0 Å². The Labute approximate surface area is 134 Å². The first kappa shape index (κ1) is 17.2. The highest BCUT2D eigenvalue weighted by Gasteiger charge is 2.21. The van der Waals surface area contributed by atoms with Crippen molar-refractivity contribution in [1.29, 1.82) is 0 Å². The van der Waals surface area contributed by atoms with Crippen molar-refractivity contribution in [2.75, 3.05) is 13.1 Å². The number of aliphatic hydroxyl groups is 1. The highest BCUT2D eigenvalue weighted by atomic mass is 16.6.